The van der Waals surface area contributed by atoms with Crippen molar-refractivity contribution in [3.63, 3.8) is 0 Å². The third-order valence-corrected chi connectivity index (χ3v) is 5.48. The van der Waals surface area contributed by atoms with E-state index in [0.29, 0.717) is 5.75 Å². The molecular weight excluding hydrogens is 408 g/mol. The Morgan fingerprint density at radius 1 is 1.17 bits per heavy atom. The standard InChI is InChI=1S/C21H28N2O6S/c1-21(2,3)15-13-17(22-20(25)29-16-9-7-6-8-10-16)19(28-4)18(14-15)23(11-12-24)30(5,26)27/h6-10,13-14,24H,11-12H2,1-5H3,(H,22,25). The predicted octanol–water partition coefficient (Wildman–Crippen LogP) is 3.36. The van der Waals surface area contributed by atoms with Crippen LogP contribution in [0.2, 0.25) is 0 Å². The summed E-state index contributed by atoms with van der Waals surface area (Å²) in [6, 6.07) is 12.0. The van der Waals surface area contributed by atoms with Crippen LogP contribution in [0.5, 0.6) is 11.5 Å². The van der Waals surface area contributed by atoms with Gasteiger partial charge in [-0.1, -0.05) is 39.0 Å². The average Bonchev–Trinajstić information content (AvgIpc) is 2.64. The van der Waals surface area contributed by atoms with Gasteiger partial charge in [0.1, 0.15) is 5.75 Å². The van der Waals surface area contributed by atoms with E-state index in [0.717, 1.165) is 16.1 Å². The van der Waals surface area contributed by atoms with Gasteiger partial charge < -0.3 is 14.6 Å². The number of amides is 1. The Labute approximate surface area is 177 Å². The summed E-state index contributed by atoms with van der Waals surface area (Å²) in [5.74, 6) is 0.506. The molecule has 0 aliphatic rings. The minimum atomic E-state index is -3.72. The zero-order valence-electron chi connectivity index (χ0n) is 17.8. The summed E-state index contributed by atoms with van der Waals surface area (Å²) in [5.41, 5.74) is 0.882. The van der Waals surface area contributed by atoms with E-state index >= 15 is 0 Å². The number of ether oxygens (including phenoxy) is 2. The van der Waals surface area contributed by atoms with Crippen molar-refractivity contribution < 1.29 is 27.8 Å². The van der Waals surface area contributed by atoms with Crippen molar-refractivity contribution in [2.45, 2.75) is 26.2 Å². The molecule has 0 spiro atoms. The van der Waals surface area contributed by atoms with Crippen LogP contribution in [0.25, 0.3) is 0 Å². The second-order valence-electron chi connectivity index (χ2n) is 7.71. The van der Waals surface area contributed by atoms with Gasteiger partial charge in [0, 0.05) is 0 Å². The average molecular weight is 437 g/mol. The van der Waals surface area contributed by atoms with E-state index in [9.17, 15) is 18.3 Å². The van der Waals surface area contributed by atoms with Crippen LogP contribution in [-0.2, 0) is 15.4 Å². The molecule has 0 aliphatic heterocycles. The molecule has 2 aromatic rings. The van der Waals surface area contributed by atoms with Crippen molar-refractivity contribution in [2.75, 3.05) is 36.1 Å². The fraction of sp³-hybridized carbons (Fsp3) is 0.381. The van der Waals surface area contributed by atoms with Crippen LogP contribution in [0.4, 0.5) is 16.2 Å². The topological polar surface area (TPSA) is 105 Å². The van der Waals surface area contributed by atoms with Gasteiger partial charge in [-0.25, -0.2) is 13.2 Å². The maximum Gasteiger partial charge on any atom is 0.417 e. The predicted molar refractivity (Wildman–Crippen MR) is 117 cm³/mol. The minimum Gasteiger partial charge on any atom is -0.492 e. The van der Waals surface area contributed by atoms with Crippen LogP contribution in [0.3, 0.4) is 0 Å². The summed E-state index contributed by atoms with van der Waals surface area (Å²) in [7, 11) is -2.34. The van der Waals surface area contributed by atoms with E-state index in [1.54, 1.807) is 42.5 Å². The van der Waals surface area contributed by atoms with Crippen molar-refractivity contribution >= 4 is 27.5 Å². The third-order valence-electron chi connectivity index (χ3n) is 4.30. The first-order chi connectivity index (χ1) is 14.0. The molecule has 2 aromatic carbocycles. The first-order valence-electron chi connectivity index (χ1n) is 9.32. The normalized spacial score (nSPS) is 11.7. The van der Waals surface area contributed by atoms with Gasteiger partial charge in [0.2, 0.25) is 10.0 Å². The summed E-state index contributed by atoms with van der Waals surface area (Å²) in [5, 5.41) is 12.0. The molecular formula is C21H28N2O6S. The second-order valence-corrected chi connectivity index (χ2v) is 9.62. The number of benzene rings is 2. The lowest BCUT2D eigenvalue weighted by molar-refractivity contribution is 0.215. The zero-order valence-corrected chi connectivity index (χ0v) is 18.6. The number of anilines is 2. The van der Waals surface area contributed by atoms with Gasteiger partial charge in [-0.3, -0.25) is 9.62 Å². The highest BCUT2D eigenvalue weighted by Crippen LogP contribution is 2.41. The number of nitrogens with zero attached hydrogens (tertiary/aromatic N) is 1. The second kappa shape index (κ2) is 9.36. The lowest BCUT2D eigenvalue weighted by atomic mass is 9.86. The zero-order chi connectivity index (χ0) is 22.5. The summed E-state index contributed by atoms with van der Waals surface area (Å²) in [4.78, 5) is 12.5. The minimum absolute atomic E-state index is 0.145. The Balaban J connectivity index is 2.56. The van der Waals surface area contributed by atoms with E-state index < -0.39 is 16.1 Å². The number of hydrogen-bond acceptors (Lipinski definition) is 6. The molecule has 30 heavy (non-hydrogen) atoms. The van der Waals surface area contributed by atoms with E-state index in [1.165, 1.54) is 7.11 Å². The fourth-order valence-corrected chi connectivity index (χ4v) is 3.73. The molecule has 0 atom stereocenters. The first-order valence-corrected chi connectivity index (χ1v) is 11.2. The van der Waals surface area contributed by atoms with E-state index in [2.05, 4.69) is 5.32 Å². The number of methoxy groups -OCH3 is 1. The number of nitrogens with one attached hydrogen (secondary N) is 1. The van der Waals surface area contributed by atoms with Crippen LogP contribution >= 0.6 is 0 Å². The molecule has 0 saturated carbocycles. The molecule has 0 aliphatic carbocycles. The summed E-state index contributed by atoms with van der Waals surface area (Å²) in [6.45, 7) is 5.34. The van der Waals surface area contributed by atoms with Crippen LogP contribution in [0.1, 0.15) is 26.3 Å². The van der Waals surface area contributed by atoms with Crippen LogP contribution < -0.4 is 19.1 Å². The number of carbonyl (C=O) groups is 1. The molecule has 2 N–H and O–H groups in total. The number of hydrogen-bond donors (Lipinski definition) is 2. The lowest BCUT2D eigenvalue weighted by Gasteiger charge is -2.28. The number of sulfonamides is 1. The molecule has 1 amide bonds. The number of carbonyl (C=O) groups excluding carboxylic acids is 1. The number of aliphatic hydroxyl groups excluding tert-OH is 1. The molecule has 164 valence electrons. The van der Waals surface area contributed by atoms with Gasteiger partial charge >= 0.3 is 6.09 Å². The van der Waals surface area contributed by atoms with Crippen molar-refractivity contribution in [3.8, 4) is 11.5 Å². The summed E-state index contributed by atoms with van der Waals surface area (Å²) < 4.78 is 36.5. The molecule has 8 nitrogen and oxygen atoms in total. The molecule has 0 saturated heterocycles. The van der Waals surface area contributed by atoms with Crippen molar-refractivity contribution in [1.29, 1.82) is 0 Å². The Kier molecular flexibility index (Phi) is 7.33. The highest BCUT2D eigenvalue weighted by atomic mass is 32.2. The van der Waals surface area contributed by atoms with Crippen molar-refractivity contribution in [1.82, 2.24) is 0 Å². The van der Waals surface area contributed by atoms with Crippen molar-refractivity contribution in [3.05, 3.63) is 48.0 Å². The Hall–Kier alpha value is -2.78. The van der Waals surface area contributed by atoms with Gasteiger partial charge in [0.15, 0.2) is 5.75 Å². The lowest BCUT2D eigenvalue weighted by Crippen LogP contribution is -2.33. The number of para-hydroxylation sites is 1. The monoisotopic (exact) mass is 436 g/mol. The molecule has 9 heteroatoms. The van der Waals surface area contributed by atoms with Gasteiger partial charge in [0.05, 0.1) is 37.9 Å². The Morgan fingerprint density at radius 2 is 1.80 bits per heavy atom. The van der Waals surface area contributed by atoms with Gasteiger partial charge in [0.25, 0.3) is 0 Å². The van der Waals surface area contributed by atoms with Crippen molar-refractivity contribution in [2.24, 2.45) is 0 Å². The highest BCUT2D eigenvalue weighted by molar-refractivity contribution is 7.92. The van der Waals surface area contributed by atoms with Crippen LogP contribution in [0, 0.1) is 0 Å². The smallest absolute Gasteiger partial charge is 0.417 e. The maximum absolute atomic E-state index is 12.5. The third kappa shape index (κ3) is 5.87. The van der Waals surface area contributed by atoms with E-state index in [1.807, 2.05) is 20.8 Å². The van der Waals surface area contributed by atoms with Crippen LogP contribution in [-0.4, -0.2) is 46.1 Å². The molecule has 0 heterocycles. The van der Waals surface area contributed by atoms with Gasteiger partial charge in [-0.2, -0.15) is 0 Å². The summed E-state index contributed by atoms with van der Waals surface area (Å²) >= 11 is 0. The molecule has 2 rings (SSSR count). The highest BCUT2D eigenvalue weighted by Gasteiger charge is 2.27. The first kappa shape index (κ1) is 23.5. The van der Waals surface area contributed by atoms with E-state index in [4.69, 9.17) is 9.47 Å². The number of rotatable bonds is 7. The Bertz CT molecular complexity index is 985. The Morgan fingerprint density at radius 3 is 2.30 bits per heavy atom. The summed E-state index contributed by atoms with van der Waals surface area (Å²) in [6.07, 6.45) is 0.299. The van der Waals surface area contributed by atoms with Gasteiger partial charge in [-0.15, -0.1) is 0 Å². The van der Waals surface area contributed by atoms with Gasteiger partial charge in [-0.05, 0) is 35.2 Å². The largest absolute Gasteiger partial charge is 0.492 e. The molecule has 0 unspecified atom stereocenters. The quantitative estimate of drug-likeness (QED) is 0.690. The number of aliphatic hydroxyl groups is 1. The SMILES string of the molecule is COc1c(NC(=O)Oc2ccccc2)cc(C(C)(C)C)cc1N(CCO)S(C)(=O)=O. The molecule has 0 fully saturated rings. The maximum atomic E-state index is 12.5. The fourth-order valence-electron chi connectivity index (χ4n) is 2.83. The molecule has 0 bridgehead atoms. The van der Waals surface area contributed by atoms with E-state index in [-0.39, 0.29) is 35.7 Å². The van der Waals surface area contributed by atoms with Crippen LogP contribution in [0.15, 0.2) is 42.5 Å². The molecule has 0 radical (unpaired) electrons. The molecule has 0 aromatic heterocycles.